The SMILES string of the molecule is CC1=CC2Oc3cc(Oc4ccc(C)cc4)c4c(c3N=C2C=C1)C(=O)c1ccccc1C4=O. The van der Waals surface area contributed by atoms with Gasteiger partial charge in [0.1, 0.15) is 17.2 Å². The molecule has 6 rings (SSSR count). The molecule has 33 heavy (non-hydrogen) atoms. The van der Waals surface area contributed by atoms with Crippen LogP contribution >= 0.6 is 0 Å². The molecule has 3 aromatic carbocycles. The lowest BCUT2D eigenvalue weighted by Crippen LogP contribution is -2.30. The zero-order chi connectivity index (χ0) is 22.7. The van der Waals surface area contributed by atoms with Gasteiger partial charge in [-0.2, -0.15) is 0 Å². The summed E-state index contributed by atoms with van der Waals surface area (Å²) in [6.07, 6.45) is 5.46. The molecule has 1 unspecified atom stereocenters. The maximum Gasteiger partial charge on any atom is 0.198 e. The monoisotopic (exact) mass is 433 g/mol. The highest BCUT2D eigenvalue weighted by molar-refractivity contribution is 6.31. The largest absolute Gasteiger partial charge is 0.478 e. The lowest BCUT2D eigenvalue weighted by atomic mass is 9.82. The molecule has 0 N–H and O–H groups in total. The molecule has 3 aliphatic rings. The topological polar surface area (TPSA) is 65.0 Å². The minimum atomic E-state index is -0.352. The van der Waals surface area contributed by atoms with Crippen LogP contribution in [-0.2, 0) is 0 Å². The number of aliphatic imine (C=N–C) groups is 1. The van der Waals surface area contributed by atoms with Gasteiger partial charge in [0.25, 0.3) is 0 Å². The highest BCUT2D eigenvalue weighted by Crippen LogP contribution is 2.48. The first-order chi connectivity index (χ1) is 16.0. The van der Waals surface area contributed by atoms with E-state index in [9.17, 15) is 9.59 Å². The van der Waals surface area contributed by atoms with Crippen LogP contribution in [0, 0.1) is 6.92 Å². The highest BCUT2D eigenvalue weighted by Gasteiger charge is 2.38. The Morgan fingerprint density at radius 1 is 0.879 bits per heavy atom. The molecule has 0 saturated carbocycles. The fourth-order valence-electron chi connectivity index (χ4n) is 4.39. The van der Waals surface area contributed by atoms with Gasteiger partial charge in [0, 0.05) is 17.2 Å². The molecular weight excluding hydrogens is 414 g/mol. The number of aryl methyl sites for hydroxylation is 1. The van der Waals surface area contributed by atoms with E-state index in [4.69, 9.17) is 14.5 Å². The fraction of sp³-hybridized carbons (Fsp3) is 0.107. The van der Waals surface area contributed by atoms with Crippen LogP contribution in [-0.4, -0.2) is 23.4 Å². The predicted octanol–water partition coefficient (Wildman–Crippen LogP) is 5.91. The highest BCUT2D eigenvalue weighted by atomic mass is 16.5. The molecule has 0 spiro atoms. The van der Waals surface area contributed by atoms with Crippen LogP contribution in [0.1, 0.15) is 44.3 Å². The summed E-state index contributed by atoms with van der Waals surface area (Å²) in [6.45, 7) is 3.98. The van der Waals surface area contributed by atoms with Gasteiger partial charge in [-0.1, -0.05) is 53.6 Å². The molecule has 1 heterocycles. The lowest BCUT2D eigenvalue weighted by molar-refractivity contribution is 0.0977. The fourth-order valence-corrected chi connectivity index (χ4v) is 4.39. The number of ether oxygens (including phenoxy) is 2. The maximum absolute atomic E-state index is 13.6. The summed E-state index contributed by atoms with van der Waals surface area (Å²) < 4.78 is 12.4. The van der Waals surface area contributed by atoms with E-state index in [1.54, 1.807) is 30.3 Å². The van der Waals surface area contributed by atoms with Gasteiger partial charge in [0.05, 0.1) is 16.8 Å². The number of hydrogen-bond donors (Lipinski definition) is 0. The van der Waals surface area contributed by atoms with Crippen LogP contribution in [0.5, 0.6) is 17.2 Å². The van der Waals surface area contributed by atoms with Crippen LogP contribution in [0.15, 0.2) is 83.4 Å². The van der Waals surface area contributed by atoms with Gasteiger partial charge < -0.3 is 9.47 Å². The first-order valence-corrected chi connectivity index (χ1v) is 10.8. The molecule has 0 amide bonds. The molecular formula is C28H19NO4. The third-order valence-electron chi connectivity index (χ3n) is 6.07. The van der Waals surface area contributed by atoms with Crippen molar-refractivity contribution in [3.05, 3.63) is 106 Å². The van der Waals surface area contributed by atoms with E-state index >= 15 is 0 Å². The number of carbonyl (C=O) groups is 2. The zero-order valence-corrected chi connectivity index (χ0v) is 18.1. The zero-order valence-electron chi connectivity index (χ0n) is 18.1. The van der Waals surface area contributed by atoms with E-state index in [0.29, 0.717) is 34.0 Å². The Labute approximate surface area is 190 Å². The van der Waals surface area contributed by atoms with E-state index in [0.717, 1.165) is 11.1 Å². The average molecular weight is 433 g/mol. The van der Waals surface area contributed by atoms with E-state index in [1.165, 1.54) is 0 Å². The second-order valence-corrected chi connectivity index (χ2v) is 8.41. The molecule has 3 aromatic rings. The molecule has 0 radical (unpaired) electrons. The number of fused-ring (bicyclic) bond motifs is 5. The smallest absolute Gasteiger partial charge is 0.198 e. The molecule has 1 atom stereocenters. The second-order valence-electron chi connectivity index (χ2n) is 8.41. The van der Waals surface area contributed by atoms with Gasteiger partial charge >= 0.3 is 0 Å². The summed E-state index contributed by atoms with van der Waals surface area (Å²) in [5.74, 6) is 0.750. The number of carbonyl (C=O) groups excluding carboxylic acids is 2. The van der Waals surface area contributed by atoms with Gasteiger partial charge in [0.15, 0.2) is 23.4 Å². The van der Waals surface area contributed by atoms with Crippen LogP contribution in [0.2, 0.25) is 0 Å². The van der Waals surface area contributed by atoms with Gasteiger partial charge in [-0.3, -0.25) is 9.59 Å². The second kappa shape index (κ2) is 7.14. The number of benzene rings is 3. The summed E-state index contributed by atoms with van der Waals surface area (Å²) >= 11 is 0. The van der Waals surface area contributed by atoms with Crippen molar-refractivity contribution in [2.45, 2.75) is 20.0 Å². The van der Waals surface area contributed by atoms with Crippen molar-refractivity contribution >= 4 is 23.0 Å². The Morgan fingerprint density at radius 3 is 2.30 bits per heavy atom. The van der Waals surface area contributed by atoms with Crippen molar-refractivity contribution in [2.75, 3.05) is 0 Å². The number of ketones is 2. The van der Waals surface area contributed by atoms with Gasteiger partial charge in [-0.15, -0.1) is 0 Å². The molecule has 0 saturated heterocycles. The third-order valence-corrected chi connectivity index (χ3v) is 6.07. The molecule has 0 aromatic heterocycles. The number of allylic oxidation sites excluding steroid dienone is 2. The van der Waals surface area contributed by atoms with E-state index in [2.05, 4.69) is 0 Å². The van der Waals surface area contributed by atoms with Crippen molar-refractivity contribution < 1.29 is 19.1 Å². The van der Waals surface area contributed by atoms with Crippen molar-refractivity contribution in [3.8, 4) is 17.2 Å². The number of nitrogens with zero attached hydrogens (tertiary/aromatic N) is 1. The number of hydrogen-bond acceptors (Lipinski definition) is 5. The lowest BCUT2D eigenvalue weighted by Gasteiger charge is -2.29. The van der Waals surface area contributed by atoms with Gasteiger partial charge in [-0.05, 0) is 38.1 Å². The Kier molecular flexibility index (Phi) is 4.20. The minimum absolute atomic E-state index is 0.218. The predicted molar refractivity (Wildman–Crippen MR) is 125 cm³/mol. The Hall–Kier alpha value is -4.25. The molecule has 0 bridgehead atoms. The van der Waals surface area contributed by atoms with Crippen LogP contribution in [0.25, 0.3) is 0 Å². The van der Waals surface area contributed by atoms with Crippen molar-refractivity contribution in [1.29, 1.82) is 0 Å². The summed E-state index contributed by atoms with van der Waals surface area (Å²) in [5.41, 5.74) is 4.40. The summed E-state index contributed by atoms with van der Waals surface area (Å²) in [5, 5.41) is 0. The maximum atomic E-state index is 13.6. The van der Waals surface area contributed by atoms with Gasteiger partial charge in [-0.25, -0.2) is 4.99 Å². The van der Waals surface area contributed by atoms with Crippen molar-refractivity contribution in [1.82, 2.24) is 0 Å². The van der Waals surface area contributed by atoms with Crippen molar-refractivity contribution in [3.63, 3.8) is 0 Å². The summed E-state index contributed by atoms with van der Waals surface area (Å²) in [6, 6.07) is 16.0. The van der Waals surface area contributed by atoms with Crippen LogP contribution in [0.3, 0.4) is 0 Å². The van der Waals surface area contributed by atoms with Gasteiger partial charge in [0.2, 0.25) is 0 Å². The summed E-state index contributed by atoms with van der Waals surface area (Å²) in [4.78, 5) is 32.0. The summed E-state index contributed by atoms with van der Waals surface area (Å²) in [7, 11) is 0. The first kappa shape index (κ1) is 19.4. The Balaban J connectivity index is 1.59. The van der Waals surface area contributed by atoms with Crippen LogP contribution in [0.4, 0.5) is 5.69 Å². The minimum Gasteiger partial charge on any atom is -0.478 e. The molecule has 0 fully saturated rings. The van der Waals surface area contributed by atoms with E-state index in [1.807, 2.05) is 56.3 Å². The number of rotatable bonds is 2. The standard InChI is InChI=1S/C28H19NO4/c1-15-7-10-17(11-8-15)32-22-14-23-26(29-20-12-9-16(2)13-21(20)33-23)25-24(22)27(30)18-5-3-4-6-19(18)28(25)31/h3-14,21H,1-2H3. The third kappa shape index (κ3) is 3.04. The molecule has 5 nitrogen and oxygen atoms in total. The van der Waals surface area contributed by atoms with E-state index < -0.39 is 0 Å². The molecule has 2 aliphatic carbocycles. The molecule has 1 aliphatic heterocycles. The van der Waals surface area contributed by atoms with E-state index in [-0.39, 0.29) is 34.5 Å². The molecule has 160 valence electrons. The Morgan fingerprint density at radius 2 is 1.58 bits per heavy atom. The van der Waals surface area contributed by atoms with Crippen molar-refractivity contribution in [2.24, 2.45) is 4.99 Å². The van der Waals surface area contributed by atoms with Crippen LogP contribution < -0.4 is 9.47 Å². The quantitative estimate of drug-likeness (QED) is 0.394. The Bertz CT molecular complexity index is 1460. The first-order valence-electron chi connectivity index (χ1n) is 10.8. The average Bonchev–Trinajstić information content (AvgIpc) is 2.82. The normalized spacial score (nSPS) is 17.7. The molecule has 5 heteroatoms.